The van der Waals surface area contributed by atoms with E-state index >= 15 is 0 Å². The maximum atomic E-state index is 12.6. The molecule has 1 amide bonds. The van der Waals surface area contributed by atoms with Gasteiger partial charge in [-0.2, -0.15) is 0 Å². The number of carbonyl (C=O) groups excluding carboxylic acids is 1. The summed E-state index contributed by atoms with van der Waals surface area (Å²) in [5.74, 6) is 0.209. The molecule has 0 aliphatic rings. The first kappa shape index (κ1) is 22.4. The van der Waals surface area contributed by atoms with Crippen LogP contribution in [0.3, 0.4) is 0 Å². The van der Waals surface area contributed by atoms with Gasteiger partial charge in [0.25, 0.3) is 0 Å². The summed E-state index contributed by atoms with van der Waals surface area (Å²) >= 11 is 0. The lowest BCUT2D eigenvalue weighted by Crippen LogP contribution is -2.61. The average molecular weight is 327 g/mol. The molecule has 1 unspecified atom stereocenters. The minimum Gasteiger partial charge on any atom is -0.368 e. The third-order valence-corrected chi connectivity index (χ3v) is 4.81. The quantitative estimate of drug-likeness (QED) is 0.498. The molecule has 0 rings (SSSR count). The highest BCUT2D eigenvalue weighted by molar-refractivity contribution is 5.85. The number of nitrogens with two attached hydrogens (primary N) is 1. The summed E-state index contributed by atoms with van der Waals surface area (Å²) in [6.07, 6.45) is 9.90. The summed E-state index contributed by atoms with van der Waals surface area (Å²) in [6, 6.07) is 0. The molecule has 1 atom stereocenters. The van der Waals surface area contributed by atoms with Crippen molar-refractivity contribution in [3.8, 4) is 0 Å². The molecule has 3 heteroatoms. The van der Waals surface area contributed by atoms with E-state index in [2.05, 4.69) is 46.9 Å². The minimum absolute atomic E-state index is 0.146. The summed E-state index contributed by atoms with van der Waals surface area (Å²) in [4.78, 5) is 12.6. The van der Waals surface area contributed by atoms with Gasteiger partial charge in [-0.3, -0.25) is 4.79 Å². The van der Waals surface area contributed by atoms with Crippen LogP contribution in [0.15, 0.2) is 0 Å². The summed E-state index contributed by atoms with van der Waals surface area (Å²) < 4.78 is 0. The number of hydrogen-bond donors (Lipinski definition) is 2. The zero-order valence-corrected chi connectivity index (χ0v) is 16.6. The van der Waals surface area contributed by atoms with Crippen molar-refractivity contribution in [2.24, 2.45) is 17.1 Å². The van der Waals surface area contributed by atoms with Gasteiger partial charge in [-0.25, -0.2) is 0 Å². The molecular formula is C20H42N2O. The molecule has 0 aromatic carbocycles. The molecule has 0 radical (unpaired) electrons. The largest absolute Gasteiger partial charge is 0.368 e. The van der Waals surface area contributed by atoms with E-state index in [9.17, 15) is 4.79 Å². The van der Waals surface area contributed by atoms with Gasteiger partial charge in [0.15, 0.2) is 0 Å². The van der Waals surface area contributed by atoms with Gasteiger partial charge < -0.3 is 11.1 Å². The second kappa shape index (κ2) is 11.1. The number of amides is 1. The second-order valence-electron chi connectivity index (χ2n) is 8.33. The lowest BCUT2D eigenvalue weighted by atomic mass is 9.73. The predicted molar refractivity (Wildman–Crippen MR) is 101 cm³/mol. The Labute approximate surface area is 145 Å². The molecule has 0 heterocycles. The number of nitrogens with one attached hydrogen (secondary N) is 1. The molecule has 0 bridgehead atoms. The molecule has 0 saturated carbocycles. The van der Waals surface area contributed by atoms with Crippen molar-refractivity contribution in [3.05, 3.63) is 0 Å². The van der Waals surface area contributed by atoms with Crippen LogP contribution in [-0.2, 0) is 4.79 Å². The van der Waals surface area contributed by atoms with Gasteiger partial charge in [-0.15, -0.1) is 0 Å². The van der Waals surface area contributed by atoms with Crippen molar-refractivity contribution in [2.75, 3.05) is 6.54 Å². The highest BCUT2D eigenvalue weighted by atomic mass is 16.1. The second-order valence-corrected chi connectivity index (χ2v) is 8.33. The van der Waals surface area contributed by atoms with Crippen LogP contribution in [0, 0.1) is 11.3 Å². The van der Waals surface area contributed by atoms with E-state index in [1.807, 2.05) is 0 Å². The fraction of sp³-hybridized carbons (Fsp3) is 0.950. The molecule has 3 N–H and O–H groups in total. The van der Waals surface area contributed by atoms with Gasteiger partial charge in [-0.05, 0) is 30.6 Å². The fourth-order valence-corrected chi connectivity index (χ4v) is 3.27. The van der Waals surface area contributed by atoms with Crippen LogP contribution in [0.5, 0.6) is 0 Å². The molecule has 0 spiro atoms. The first-order valence-electron chi connectivity index (χ1n) is 9.78. The summed E-state index contributed by atoms with van der Waals surface area (Å²) in [5.41, 5.74) is 5.60. The topological polar surface area (TPSA) is 55.1 Å². The fourth-order valence-electron chi connectivity index (χ4n) is 3.27. The van der Waals surface area contributed by atoms with Gasteiger partial charge in [0, 0.05) is 6.54 Å². The van der Waals surface area contributed by atoms with Crippen molar-refractivity contribution >= 4 is 5.91 Å². The Morgan fingerprint density at radius 1 is 0.957 bits per heavy atom. The van der Waals surface area contributed by atoms with E-state index in [-0.39, 0.29) is 11.3 Å². The molecule has 23 heavy (non-hydrogen) atoms. The third kappa shape index (κ3) is 8.19. The Hall–Kier alpha value is -0.570. The molecule has 3 nitrogen and oxygen atoms in total. The number of primary amides is 1. The molecule has 0 aromatic rings. The maximum absolute atomic E-state index is 12.6. The van der Waals surface area contributed by atoms with Crippen molar-refractivity contribution in [1.29, 1.82) is 0 Å². The van der Waals surface area contributed by atoms with Crippen LogP contribution in [0.25, 0.3) is 0 Å². The van der Waals surface area contributed by atoms with Crippen molar-refractivity contribution < 1.29 is 4.79 Å². The SMILES string of the molecule is CCCCC(CCCC)C(CCCC)(NCC(C)(C)C)C(N)=O. The van der Waals surface area contributed by atoms with Crippen molar-refractivity contribution in [3.63, 3.8) is 0 Å². The Balaban J connectivity index is 5.43. The van der Waals surface area contributed by atoms with Crippen LogP contribution < -0.4 is 11.1 Å². The Morgan fingerprint density at radius 2 is 1.43 bits per heavy atom. The lowest BCUT2D eigenvalue weighted by molar-refractivity contribution is -0.127. The van der Waals surface area contributed by atoms with E-state index in [1.54, 1.807) is 0 Å². The summed E-state index contributed by atoms with van der Waals surface area (Å²) in [6.45, 7) is 14.1. The number of rotatable bonds is 13. The van der Waals surface area contributed by atoms with E-state index in [0.29, 0.717) is 5.92 Å². The number of unbranched alkanes of at least 4 members (excludes halogenated alkanes) is 3. The molecule has 138 valence electrons. The van der Waals surface area contributed by atoms with Crippen LogP contribution in [0.2, 0.25) is 0 Å². The molecule has 0 aliphatic heterocycles. The van der Waals surface area contributed by atoms with Gasteiger partial charge >= 0.3 is 0 Å². The monoisotopic (exact) mass is 326 g/mol. The predicted octanol–water partition coefficient (Wildman–Crippen LogP) is 5.03. The van der Waals surface area contributed by atoms with E-state index in [0.717, 1.165) is 38.6 Å². The molecular weight excluding hydrogens is 284 g/mol. The highest BCUT2D eigenvalue weighted by Crippen LogP contribution is 2.33. The zero-order chi connectivity index (χ0) is 17.9. The highest BCUT2D eigenvalue weighted by Gasteiger charge is 2.43. The lowest BCUT2D eigenvalue weighted by Gasteiger charge is -2.41. The Bertz CT molecular complexity index is 314. The average Bonchev–Trinajstić information content (AvgIpc) is 2.47. The number of hydrogen-bond acceptors (Lipinski definition) is 2. The van der Waals surface area contributed by atoms with Crippen molar-refractivity contribution in [2.45, 2.75) is 105 Å². The van der Waals surface area contributed by atoms with Gasteiger partial charge in [0.05, 0.1) is 0 Å². The van der Waals surface area contributed by atoms with Crippen LogP contribution in [0.4, 0.5) is 0 Å². The molecule has 0 fully saturated rings. The summed E-state index contributed by atoms with van der Waals surface area (Å²) in [5, 5.41) is 3.65. The van der Waals surface area contributed by atoms with Crippen LogP contribution >= 0.6 is 0 Å². The van der Waals surface area contributed by atoms with Gasteiger partial charge in [-0.1, -0.05) is 80.1 Å². The van der Waals surface area contributed by atoms with Gasteiger partial charge in [0.2, 0.25) is 5.91 Å². The molecule has 0 saturated heterocycles. The minimum atomic E-state index is -0.534. The maximum Gasteiger partial charge on any atom is 0.238 e. The summed E-state index contributed by atoms with van der Waals surface area (Å²) in [7, 11) is 0. The van der Waals surface area contributed by atoms with Crippen LogP contribution in [0.1, 0.15) is 99.3 Å². The zero-order valence-electron chi connectivity index (χ0n) is 16.6. The molecule has 0 aliphatic carbocycles. The van der Waals surface area contributed by atoms with Gasteiger partial charge in [0.1, 0.15) is 5.54 Å². The van der Waals surface area contributed by atoms with Crippen LogP contribution in [-0.4, -0.2) is 18.0 Å². The first-order chi connectivity index (χ1) is 10.7. The number of carbonyl (C=O) groups is 1. The standard InChI is InChI=1S/C20H42N2O/c1-7-10-13-17(14-11-8-2)20(18(21)23,15-12-9-3)22-16-19(4,5)6/h17,22H,7-16H2,1-6H3,(H2,21,23). The van der Waals surface area contributed by atoms with Crippen molar-refractivity contribution in [1.82, 2.24) is 5.32 Å². The third-order valence-electron chi connectivity index (χ3n) is 4.81. The normalized spacial score (nSPS) is 14.9. The van der Waals surface area contributed by atoms with E-state index in [4.69, 9.17) is 5.73 Å². The Kier molecular flexibility index (Phi) is 10.8. The smallest absolute Gasteiger partial charge is 0.238 e. The first-order valence-corrected chi connectivity index (χ1v) is 9.78. The van der Waals surface area contributed by atoms with E-state index < -0.39 is 5.54 Å². The molecule has 0 aromatic heterocycles. The van der Waals surface area contributed by atoms with E-state index in [1.165, 1.54) is 25.7 Å². The Morgan fingerprint density at radius 3 is 1.78 bits per heavy atom.